The molecule has 0 radical (unpaired) electrons. The van der Waals surface area contributed by atoms with Gasteiger partial charge in [-0.3, -0.25) is 38.4 Å². The predicted octanol–water partition coefficient (Wildman–Crippen LogP) is 8.58. The van der Waals surface area contributed by atoms with Crippen LogP contribution in [0.25, 0.3) is 0 Å². The number of likely N-dealkylation sites (tertiary alicyclic amines) is 2. The number of Topliss-reactive ketones (excluding diaryl/α,β-unsaturated/α-hetero) is 2. The van der Waals surface area contributed by atoms with Crippen LogP contribution in [-0.4, -0.2) is 143 Å². The molecule has 2 aliphatic rings. The number of hydrogen-bond acceptors (Lipinski definition) is 9. The maximum absolute atomic E-state index is 14.5. The van der Waals surface area contributed by atoms with Gasteiger partial charge in [-0.25, -0.2) is 0 Å². The highest BCUT2D eigenvalue weighted by Crippen LogP contribution is 2.34. The third kappa shape index (κ3) is 18.4. The SMILES string of the molecule is C.CC[C@@H](C)C(=O)N[C@H](C(=O)N1CCC[C@H]1CN(CCc1ccccc1)C(=O)[C@H](C)CC(=O)c1ccc(C(=O)N[C@@H](C)C(=O)N(CCc2ccccc2)C[C@@H]2CCCN2C(=O)[C@@H](CC(=O)[C@H](C)NC)C(C)(C)C)cc1)C(C)(C)C. The lowest BCUT2D eigenvalue weighted by molar-refractivity contribution is -0.144. The Morgan fingerprint density at radius 2 is 1.08 bits per heavy atom. The third-order valence-electron chi connectivity index (χ3n) is 16.1. The van der Waals surface area contributed by atoms with Crippen LogP contribution in [0.2, 0.25) is 0 Å². The van der Waals surface area contributed by atoms with Gasteiger partial charge in [-0.2, -0.15) is 0 Å². The number of benzene rings is 3. The predicted molar refractivity (Wildman–Crippen MR) is 313 cm³/mol. The van der Waals surface area contributed by atoms with Crippen LogP contribution >= 0.6 is 0 Å². The molecule has 79 heavy (non-hydrogen) atoms. The molecule has 0 aliphatic carbocycles. The molecule has 8 atom stereocenters. The largest absolute Gasteiger partial charge is 0.344 e. The normalized spacial score (nSPS) is 17.8. The monoisotopic (exact) mass is 1090 g/mol. The van der Waals surface area contributed by atoms with E-state index in [0.29, 0.717) is 63.8 Å². The lowest BCUT2D eigenvalue weighted by atomic mass is 9.76. The number of nitrogens with zero attached hydrogens (tertiary/aromatic N) is 4. The van der Waals surface area contributed by atoms with Crippen LogP contribution in [0.15, 0.2) is 84.9 Å². The molecule has 3 aromatic carbocycles. The van der Waals surface area contributed by atoms with E-state index in [1.165, 1.54) is 0 Å². The smallest absolute Gasteiger partial charge is 0.251 e. The van der Waals surface area contributed by atoms with Crippen LogP contribution in [0.3, 0.4) is 0 Å². The second-order valence-corrected chi connectivity index (χ2v) is 24.2. The van der Waals surface area contributed by atoms with Crippen molar-refractivity contribution in [3.63, 3.8) is 0 Å². The first kappa shape index (κ1) is 65.3. The van der Waals surface area contributed by atoms with E-state index in [1.54, 1.807) is 61.9 Å². The molecule has 3 aromatic rings. The summed E-state index contributed by atoms with van der Waals surface area (Å²) in [6.45, 7) is 23.1. The highest BCUT2D eigenvalue weighted by Gasteiger charge is 2.43. The van der Waals surface area contributed by atoms with Crippen LogP contribution < -0.4 is 16.0 Å². The molecule has 15 nitrogen and oxygen atoms in total. The van der Waals surface area contributed by atoms with Crippen molar-refractivity contribution in [2.45, 2.75) is 172 Å². The maximum atomic E-state index is 14.5. The topological polar surface area (TPSA) is 186 Å². The Kier molecular flexibility index (Phi) is 24.7. The third-order valence-corrected chi connectivity index (χ3v) is 16.1. The van der Waals surface area contributed by atoms with Crippen LogP contribution in [0.1, 0.15) is 160 Å². The zero-order valence-corrected chi connectivity index (χ0v) is 48.9. The van der Waals surface area contributed by atoms with Crippen LogP contribution in [-0.2, 0) is 41.6 Å². The number of nitrogens with one attached hydrogen (secondary N) is 3. The molecule has 0 bridgehead atoms. The van der Waals surface area contributed by atoms with Crippen LogP contribution in [0.4, 0.5) is 0 Å². The van der Waals surface area contributed by atoms with E-state index in [1.807, 2.05) is 126 Å². The molecule has 434 valence electrons. The molecular formula is C64H95N7O8. The van der Waals surface area contributed by atoms with Gasteiger partial charge in [0.05, 0.1) is 6.04 Å². The van der Waals surface area contributed by atoms with Crippen molar-refractivity contribution in [2.24, 2.45) is 28.6 Å². The molecule has 2 aliphatic heterocycles. The van der Waals surface area contributed by atoms with Gasteiger partial charge in [0.15, 0.2) is 5.78 Å². The Labute approximate surface area is 472 Å². The molecule has 6 amide bonds. The van der Waals surface area contributed by atoms with E-state index in [4.69, 9.17) is 0 Å². The first-order valence-corrected chi connectivity index (χ1v) is 28.5. The molecule has 3 N–H and O–H groups in total. The lowest BCUT2D eigenvalue weighted by Gasteiger charge is -2.38. The van der Waals surface area contributed by atoms with Gasteiger partial charge in [0.2, 0.25) is 29.5 Å². The fraction of sp³-hybridized carbons (Fsp3) is 0.594. The highest BCUT2D eigenvalue weighted by atomic mass is 16.2. The Morgan fingerprint density at radius 3 is 1.54 bits per heavy atom. The summed E-state index contributed by atoms with van der Waals surface area (Å²) in [5.41, 5.74) is 1.67. The summed E-state index contributed by atoms with van der Waals surface area (Å²) in [5, 5.41) is 8.92. The fourth-order valence-corrected chi connectivity index (χ4v) is 10.5. The van der Waals surface area contributed by atoms with Crippen molar-refractivity contribution < 1.29 is 38.4 Å². The second kappa shape index (κ2) is 29.8. The summed E-state index contributed by atoms with van der Waals surface area (Å²) in [6, 6.07) is 23.4. The standard InChI is InChI=1S/C63H91N7O8.CH4/c1-13-42(2)56(73)66-55(63(9,10)11)61(78)70-35-21-27-51(70)40-67(36-32-46-22-16-14-17-23-46)58(75)43(3)38-54(72)48-28-30-49(31-29-48)57(74)65-45(5)59(76)68(37-33-47-24-18-15-19-25-47)41-50-26-20-34-69(50)60(77)52(62(6,7)8)39-53(71)44(4)64-12;/h14-19,22-25,28-31,42-45,50-52,55,64H,13,20-21,26-27,32-41H2,1-12H3,(H,65,74)(H,66,73);1H4/t42-,43-,44+,45+,50+,51+,52-,55-;/m1./s1. The van der Waals surface area contributed by atoms with Crippen LogP contribution in [0.5, 0.6) is 0 Å². The Bertz CT molecular complexity index is 2330. The highest BCUT2D eigenvalue weighted by molar-refractivity contribution is 6.01. The maximum Gasteiger partial charge on any atom is 0.251 e. The van der Waals surface area contributed by atoms with E-state index >= 15 is 0 Å². The molecule has 0 aromatic heterocycles. The van der Waals surface area contributed by atoms with Gasteiger partial charge in [-0.15, -0.1) is 0 Å². The van der Waals surface area contributed by atoms with E-state index < -0.39 is 40.7 Å². The molecule has 15 heteroatoms. The first-order chi connectivity index (χ1) is 36.8. The summed E-state index contributed by atoms with van der Waals surface area (Å²) < 4.78 is 0. The number of ketones is 2. The van der Waals surface area contributed by atoms with Crippen molar-refractivity contribution in [3.8, 4) is 0 Å². The molecular weight excluding hydrogens is 995 g/mol. The van der Waals surface area contributed by atoms with Gasteiger partial charge in [0.1, 0.15) is 17.9 Å². The first-order valence-electron chi connectivity index (χ1n) is 28.5. The molecule has 5 rings (SSSR count). The van der Waals surface area contributed by atoms with Gasteiger partial charge in [0, 0.05) is 93.1 Å². The average Bonchev–Trinajstić information content (AvgIpc) is 4.12. The molecule has 2 fully saturated rings. The quantitative estimate of drug-likeness (QED) is 0.0663. The van der Waals surface area contributed by atoms with Crippen molar-refractivity contribution in [3.05, 3.63) is 107 Å². The minimum Gasteiger partial charge on any atom is -0.344 e. The Balaban J connectivity index is 0.0000134. The van der Waals surface area contributed by atoms with Crippen molar-refractivity contribution >= 4 is 47.0 Å². The molecule has 0 saturated carbocycles. The number of rotatable bonds is 26. The number of carbonyl (C=O) groups excluding carboxylic acids is 8. The zero-order valence-electron chi connectivity index (χ0n) is 48.9. The van der Waals surface area contributed by atoms with E-state index in [9.17, 15) is 38.4 Å². The number of likely N-dealkylation sites (N-methyl/N-ethyl adjacent to an activating group) is 1. The van der Waals surface area contributed by atoms with Gasteiger partial charge in [0.25, 0.3) is 5.91 Å². The Hall–Kier alpha value is -6.22. The van der Waals surface area contributed by atoms with Gasteiger partial charge in [-0.05, 0) is 99.9 Å². The minimum absolute atomic E-state index is 0. The number of hydrogen-bond donors (Lipinski definition) is 3. The molecule has 2 heterocycles. The zero-order chi connectivity index (χ0) is 57.5. The average molecular weight is 1090 g/mol. The van der Waals surface area contributed by atoms with Crippen LogP contribution in [0, 0.1) is 28.6 Å². The molecule has 0 unspecified atom stereocenters. The van der Waals surface area contributed by atoms with Crippen molar-refractivity contribution in [1.29, 1.82) is 0 Å². The summed E-state index contributed by atoms with van der Waals surface area (Å²) in [7, 11) is 1.73. The summed E-state index contributed by atoms with van der Waals surface area (Å²) in [6.07, 6.45) is 4.78. The van der Waals surface area contributed by atoms with Crippen molar-refractivity contribution in [2.75, 3.05) is 46.3 Å². The fourth-order valence-electron chi connectivity index (χ4n) is 10.5. The lowest BCUT2D eigenvalue weighted by Crippen LogP contribution is -2.58. The number of carbonyl (C=O) groups is 8. The minimum atomic E-state index is -0.926. The number of amides is 6. The molecule has 0 spiro atoms. The van der Waals surface area contributed by atoms with E-state index in [-0.39, 0.29) is 104 Å². The second-order valence-electron chi connectivity index (χ2n) is 24.2. The molecule has 2 saturated heterocycles. The summed E-state index contributed by atoms with van der Waals surface area (Å²) in [5.74, 6) is -3.15. The van der Waals surface area contributed by atoms with Gasteiger partial charge in [-0.1, -0.05) is 143 Å². The van der Waals surface area contributed by atoms with Crippen molar-refractivity contribution in [1.82, 2.24) is 35.6 Å². The summed E-state index contributed by atoms with van der Waals surface area (Å²) >= 11 is 0. The summed E-state index contributed by atoms with van der Waals surface area (Å²) in [4.78, 5) is 119. The van der Waals surface area contributed by atoms with E-state index in [0.717, 1.165) is 24.0 Å². The van der Waals surface area contributed by atoms with Gasteiger partial charge >= 0.3 is 0 Å². The van der Waals surface area contributed by atoms with E-state index in [2.05, 4.69) is 16.0 Å². The van der Waals surface area contributed by atoms with Gasteiger partial charge < -0.3 is 35.6 Å². The Morgan fingerprint density at radius 1 is 0.595 bits per heavy atom.